The van der Waals surface area contributed by atoms with Crippen LogP contribution in [0.25, 0.3) is 0 Å². The van der Waals surface area contributed by atoms with Crippen LogP contribution in [0.1, 0.15) is 88.1 Å². The van der Waals surface area contributed by atoms with Crippen LogP contribution in [-0.2, 0) is 16.0 Å². The molecule has 0 saturated heterocycles. The fourth-order valence-corrected chi connectivity index (χ4v) is 6.34. The van der Waals surface area contributed by atoms with Gasteiger partial charge in [-0.2, -0.15) is 0 Å². The van der Waals surface area contributed by atoms with Gasteiger partial charge >= 0.3 is 6.03 Å². The second-order valence-corrected chi connectivity index (χ2v) is 13.4. The topological polar surface area (TPSA) is 120 Å². The van der Waals surface area contributed by atoms with E-state index in [2.05, 4.69) is 10.6 Å². The smallest absolute Gasteiger partial charge is 0.319 e. The Labute approximate surface area is 280 Å². The molecule has 258 valence electrons. The molecule has 1 fully saturated rings. The predicted molar refractivity (Wildman–Crippen MR) is 184 cm³/mol. The number of nitrogens with one attached hydrogen (secondary N) is 2. The summed E-state index contributed by atoms with van der Waals surface area (Å²) >= 11 is 0. The number of carbonyl (C=O) groups is 3. The van der Waals surface area contributed by atoms with Crippen LogP contribution in [-0.4, -0.2) is 90.4 Å². The van der Waals surface area contributed by atoms with Crippen molar-refractivity contribution in [2.24, 2.45) is 5.92 Å². The molecule has 0 unspecified atom stereocenters. The Morgan fingerprint density at radius 3 is 2.47 bits per heavy atom. The third-order valence-corrected chi connectivity index (χ3v) is 9.33. The third-order valence-electron chi connectivity index (χ3n) is 9.33. The summed E-state index contributed by atoms with van der Waals surface area (Å²) in [6.07, 6.45) is 7.65. The molecule has 10 heteroatoms. The maximum Gasteiger partial charge on any atom is 0.319 e. The van der Waals surface area contributed by atoms with Crippen LogP contribution in [0.3, 0.4) is 0 Å². The molecule has 0 radical (unpaired) electrons. The molecule has 1 aliphatic carbocycles. The second-order valence-electron chi connectivity index (χ2n) is 13.4. The zero-order chi connectivity index (χ0) is 33.8. The van der Waals surface area contributed by atoms with Gasteiger partial charge in [-0.15, -0.1) is 0 Å². The fraction of sp³-hybridized carbons (Fsp3) is 0.595. The minimum absolute atomic E-state index is 0.00415. The summed E-state index contributed by atoms with van der Waals surface area (Å²) in [5.41, 5.74) is 1.77. The first-order valence-electron chi connectivity index (χ1n) is 17.3. The molecule has 10 nitrogen and oxygen atoms in total. The number of hydrogen-bond acceptors (Lipinski definition) is 6. The number of rotatable bonds is 8. The van der Waals surface area contributed by atoms with E-state index in [4.69, 9.17) is 9.47 Å². The Hall–Kier alpha value is -3.63. The van der Waals surface area contributed by atoms with Gasteiger partial charge in [0.25, 0.3) is 5.91 Å². The van der Waals surface area contributed by atoms with Crippen LogP contribution in [0.5, 0.6) is 5.75 Å². The van der Waals surface area contributed by atoms with Crippen molar-refractivity contribution in [3.8, 4) is 5.75 Å². The van der Waals surface area contributed by atoms with Gasteiger partial charge in [-0.05, 0) is 69.7 Å². The molecule has 47 heavy (non-hydrogen) atoms. The minimum Gasteiger partial charge on any atom is -0.490 e. The van der Waals surface area contributed by atoms with Crippen LogP contribution in [0.4, 0.5) is 10.5 Å². The molecule has 0 bridgehead atoms. The van der Waals surface area contributed by atoms with Crippen LogP contribution >= 0.6 is 0 Å². The number of anilines is 1. The standard InChI is InChI=1S/C37H54N4O6/c1-26-23-41(27(2)25-42)36(44)32-22-31(39-37(45)38-30-16-9-6-10-17-30)18-19-33(32)47-28(3)13-11-12-20-46-34(26)24-40(4)35(43)21-29-14-7-5-8-15-29/h5,7-8,14-15,18-19,22,26-28,30,34,42H,6,9-13,16-17,20-21,23-25H2,1-4H3,(H2,38,39,45)/t26-,27+,28-,34-/m0/s1. The fourth-order valence-electron chi connectivity index (χ4n) is 6.34. The number of ether oxygens (including phenoxy) is 2. The van der Waals surface area contributed by atoms with Gasteiger partial charge in [-0.25, -0.2) is 4.79 Å². The van der Waals surface area contributed by atoms with E-state index in [-0.39, 0.29) is 48.6 Å². The van der Waals surface area contributed by atoms with E-state index in [0.717, 1.165) is 50.5 Å². The molecule has 3 N–H and O–H groups in total. The van der Waals surface area contributed by atoms with E-state index in [9.17, 15) is 19.5 Å². The highest BCUT2D eigenvalue weighted by Crippen LogP contribution is 2.29. The Balaban J connectivity index is 1.56. The van der Waals surface area contributed by atoms with Gasteiger partial charge in [-0.3, -0.25) is 9.59 Å². The Morgan fingerprint density at radius 1 is 1.02 bits per heavy atom. The lowest BCUT2D eigenvalue weighted by Crippen LogP contribution is -2.48. The van der Waals surface area contributed by atoms with Gasteiger partial charge in [0, 0.05) is 44.4 Å². The zero-order valence-electron chi connectivity index (χ0n) is 28.6. The molecule has 2 aliphatic rings. The average molecular weight is 651 g/mol. The number of nitrogens with zero attached hydrogens (tertiary/aromatic N) is 2. The van der Waals surface area contributed by atoms with Crippen molar-refractivity contribution in [2.45, 2.75) is 103 Å². The quantitative estimate of drug-likeness (QED) is 0.340. The van der Waals surface area contributed by atoms with Crippen molar-refractivity contribution in [1.29, 1.82) is 0 Å². The lowest BCUT2D eigenvalue weighted by Gasteiger charge is -2.36. The number of carbonyl (C=O) groups excluding carboxylic acids is 3. The number of aliphatic hydroxyl groups is 1. The molecule has 1 saturated carbocycles. The maximum atomic E-state index is 14.4. The summed E-state index contributed by atoms with van der Waals surface area (Å²) in [5, 5.41) is 16.2. The van der Waals surface area contributed by atoms with Crippen LogP contribution in [0.15, 0.2) is 48.5 Å². The van der Waals surface area contributed by atoms with E-state index >= 15 is 0 Å². The van der Waals surface area contributed by atoms with E-state index in [1.165, 1.54) is 6.42 Å². The van der Waals surface area contributed by atoms with Crippen molar-refractivity contribution in [3.63, 3.8) is 0 Å². The zero-order valence-corrected chi connectivity index (χ0v) is 28.6. The summed E-state index contributed by atoms with van der Waals surface area (Å²) in [6.45, 7) is 6.78. The van der Waals surface area contributed by atoms with Crippen LogP contribution in [0, 0.1) is 5.92 Å². The predicted octanol–water partition coefficient (Wildman–Crippen LogP) is 5.64. The normalized spacial score (nSPS) is 22.3. The Kier molecular flexibility index (Phi) is 13.9. The van der Waals surface area contributed by atoms with Gasteiger partial charge in [-0.1, -0.05) is 56.5 Å². The van der Waals surface area contributed by atoms with Gasteiger partial charge in [0.2, 0.25) is 5.91 Å². The SMILES string of the molecule is C[C@H](CO)N1C[C@H](C)[C@H](CN(C)C(=O)Cc2ccccc2)OCCCC[C@H](C)Oc2ccc(NC(=O)NC3CCCCC3)cc2C1=O. The van der Waals surface area contributed by atoms with Crippen molar-refractivity contribution in [1.82, 2.24) is 15.1 Å². The molecule has 4 rings (SSSR count). The lowest BCUT2D eigenvalue weighted by atomic mass is 9.96. The second kappa shape index (κ2) is 18.1. The highest BCUT2D eigenvalue weighted by Gasteiger charge is 2.31. The van der Waals surface area contributed by atoms with Gasteiger partial charge in [0.15, 0.2) is 0 Å². The van der Waals surface area contributed by atoms with E-state index in [1.54, 1.807) is 35.0 Å². The number of likely N-dealkylation sites (N-methyl/N-ethyl adjacent to an activating group) is 1. The molecule has 2 aromatic rings. The van der Waals surface area contributed by atoms with Crippen LogP contribution < -0.4 is 15.4 Å². The van der Waals surface area contributed by atoms with Gasteiger partial charge in [0.1, 0.15) is 5.75 Å². The highest BCUT2D eigenvalue weighted by molar-refractivity contribution is 5.99. The molecule has 0 spiro atoms. The minimum atomic E-state index is -0.493. The molecular formula is C37H54N4O6. The van der Waals surface area contributed by atoms with E-state index in [1.807, 2.05) is 51.1 Å². The first kappa shape index (κ1) is 36.2. The number of fused-ring (bicyclic) bond motifs is 1. The number of urea groups is 1. The van der Waals surface area contributed by atoms with E-state index in [0.29, 0.717) is 43.1 Å². The first-order valence-corrected chi connectivity index (χ1v) is 17.3. The molecule has 1 aliphatic heterocycles. The summed E-state index contributed by atoms with van der Waals surface area (Å²) in [7, 11) is 1.79. The average Bonchev–Trinajstić information content (AvgIpc) is 3.06. The van der Waals surface area contributed by atoms with E-state index < -0.39 is 6.04 Å². The monoisotopic (exact) mass is 650 g/mol. The summed E-state index contributed by atoms with van der Waals surface area (Å²) in [5.74, 6) is -0.0230. The van der Waals surface area contributed by atoms with Crippen molar-refractivity contribution in [2.75, 3.05) is 38.7 Å². The van der Waals surface area contributed by atoms with Crippen molar-refractivity contribution >= 4 is 23.5 Å². The highest BCUT2D eigenvalue weighted by atomic mass is 16.5. The first-order chi connectivity index (χ1) is 22.6. The van der Waals surface area contributed by atoms with Crippen LogP contribution in [0.2, 0.25) is 0 Å². The summed E-state index contributed by atoms with van der Waals surface area (Å²) in [4.78, 5) is 43.7. The Morgan fingerprint density at radius 2 is 1.74 bits per heavy atom. The number of aliphatic hydroxyl groups excluding tert-OH is 1. The maximum absolute atomic E-state index is 14.4. The molecule has 1 heterocycles. The number of amides is 4. The molecular weight excluding hydrogens is 596 g/mol. The molecule has 4 amide bonds. The molecule has 2 aromatic carbocycles. The van der Waals surface area contributed by atoms with Crippen molar-refractivity contribution in [3.05, 3.63) is 59.7 Å². The summed E-state index contributed by atoms with van der Waals surface area (Å²) < 4.78 is 12.7. The Bertz CT molecular complexity index is 1300. The summed E-state index contributed by atoms with van der Waals surface area (Å²) in [6, 6.07) is 14.2. The number of hydrogen-bond donors (Lipinski definition) is 3. The molecule has 4 atom stereocenters. The largest absolute Gasteiger partial charge is 0.490 e. The number of benzene rings is 2. The van der Waals surface area contributed by atoms with Crippen molar-refractivity contribution < 1.29 is 29.0 Å². The third kappa shape index (κ3) is 11.0. The van der Waals surface area contributed by atoms with Gasteiger partial charge in [0.05, 0.1) is 36.8 Å². The van der Waals surface area contributed by atoms with Gasteiger partial charge < -0.3 is 35.0 Å². The molecule has 0 aromatic heterocycles. The lowest BCUT2D eigenvalue weighted by molar-refractivity contribution is -0.131.